The minimum absolute atomic E-state index is 0.163. The Hall–Kier alpha value is -3.11. The van der Waals surface area contributed by atoms with Crippen LogP contribution in [0.4, 0.5) is 11.8 Å². The van der Waals surface area contributed by atoms with Gasteiger partial charge in [0, 0.05) is 18.2 Å². The number of nitriles is 1. The number of anilines is 2. The number of hydrogen-bond acceptors (Lipinski definition) is 7. The third kappa shape index (κ3) is 4.56. The zero-order chi connectivity index (χ0) is 22.7. The van der Waals surface area contributed by atoms with Crippen molar-refractivity contribution in [2.45, 2.75) is 58.1 Å². The van der Waals surface area contributed by atoms with Crippen LogP contribution in [0.1, 0.15) is 56.2 Å². The Morgan fingerprint density at radius 1 is 1.31 bits per heavy atom. The van der Waals surface area contributed by atoms with E-state index in [1.807, 2.05) is 12.1 Å². The second kappa shape index (κ2) is 9.17. The second-order valence-electron chi connectivity index (χ2n) is 9.30. The lowest BCUT2D eigenvalue weighted by molar-refractivity contribution is 0.00926. The van der Waals surface area contributed by atoms with E-state index < -0.39 is 0 Å². The van der Waals surface area contributed by atoms with Crippen molar-refractivity contribution in [1.82, 2.24) is 9.97 Å². The van der Waals surface area contributed by atoms with Gasteiger partial charge in [-0.2, -0.15) is 10.2 Å². The number of aromatic nitrogens is 2. The average molecular weight is 434 g/mol. The molecule has 0 spiro atoms. The summed E-state index contributed by atoms with van der Waals surface area (Å²) in [5, 5.41) is 26.4. The van der Waals surface area contributed by atoms with Gasteiger partial charge in [0.05, 0.1) is 19.4 Å². The molecule has 2 aromatic rings. The number of rotatable bonds is 7. The number of ether oxygens (including phenoxy) is 1. The van der Waals surface area contributed by atoms with E-state index in [2.05, 4.69) is 52.7 Å². The Bertz CT molecular complexity index is 1060. The Balaban J connectivity index is 1.40. The van der Waals surface area contributed by atoms with Crippen molar-refractivity contribution in [1.29, 1.82) is 5.26 Å². The molecule has 0 amide bonds. The molecule has 3 N–H and O–H groups in total. The maximum absolute atomic E-state index is 10.2. The van der Waals surface area contributed by atoms with E-state index in [4.69, 9.17) is 4.74 Å². The standard InChI is InChI=1S/C25H31N5O2/c1-25(2)13-19(9-10-21(25)31)29-23-18(14-26)15-28-24(30-23)27-12-11-17-8-7-16-5-4-6-20(32-3)22(16)17/h4-6,8,15,19,21,31H,7,9-13H2,1-3H3,(H2,27,28,29,30)/t19-,21+/m1/s1. The number of nitrogens with one attached hydrogen (secondary N) is 2. The molecule has 2 aliphatic rings. The Kier molecular flexibility index (Phi) is 6.33. The van der Waals surface area contributed by atoms with Gasteiger partial charge in [-0.1, -0.05) is 32.1 Å². The Labute approximate surface area is 189 Å². The lowest BCUT2D eigenvalue weighted by Gasteiger charge is -2.40. The fourth-order valence-corrected chi connectivity index (χ4v) is 4.75. The third-order valence-electron chi connectivity index (χ3n) is 6.61. The van der Waals surface area contributed by atoms with Gasteiger partial charge in [-0.25, -0.2) is 4.98 Å². The molecule has 1 aromatic heterocycles. The number of allylic oxidation sites excluding steroid dienone is 1. The number of nitrogens with zero attached hydrogens (tertiary/aromatic N) is 3. The van der Waals surface area contributed by atoms with Gasteiger partial charge < -0.3 is 20.5 Å². The number of methoxy groups -OCH3 is 1. The smallest absolute Gasteiger partial charge is 0.224 e. The molecule has 2 aliphatic carbocycles. The zero-order valence-corrected chi connectivity index (χ0v) is 19.0. The van der Waals surface area contributed by atoms with E-state index in [-0.39, 0.29) is 17.6 Å². The zero-order valence-electron chi connectivity index (χ0n) is 19.0. The van der Waals surface area contributed by atoms with E-state index in [9.17, 15) is 10.4 Å². The summed E-state index contributed by atoms with van der Waals surface area (Å²) in [5.41, 5.74) is 4.02. The predicted octanol–water partition coefficient (Wildman–Crippen LogP) is 4.15. The largest absolute Gasteiger partial charge is 0.496 e. The molecular weight excluding hydrogens is 402 g/mol. The minimum atomic E-state index is -0.299. The van der Waals surface area contributed by atoms with Crippen molar-refractivity contribution in [2.75, 3.05) is 24.3 Å². The van der Waals surface area contributed by atoms with Crippen LogP contribution in [0.15, 0.2) is 30.5 Å². The average Bonchev–Trinajstić information content (AvgIpc) is 3.20. The fraction of sp³-hybridized carbons (Fsp3) is 0.480. The first-order valence-electron chi connectivity index (χ1n) is 11.2. The van der Waals surface area contributed by atoms with Crippen LogP contribution in [0.3, 0.4) is 0 Å². The maximum atomic E-state index is 10.2. The van der Waals surface area contributed by atoms with E-state index in [1.54, 1.807) is 13.3 Å². The summed E-state index contributed by atoms with van der Waals surface area (Å²) in [7, 11) is 1.71. The van der Waals surface area contributed by atoms with Crippen molar-refractivity contribution < 1.29 is 9.84 Å². The summed E-state index contributed by atoms with van der Waals surface area (Å²) in [6.07, 6.45) is 7.67. The molecule has 0 unspecified atom stereocenters. The van der Waals surface area contributed by atoms with Crippen LogP contribution in [0, 0.1) is 16.7 Å². The molecule has 1 saturated carbocycles. The molecular formula is C25H31N5O2. The molecule has 32 heavy (non-hydrogen) atoms. The molecule has 0 radical (unpaired) electrons. The normalized spacial score (nSPS) is 21.3. The molecule has 7 nitrogen and oxygen atoms in total. The number of fused-ring (bicyclic) bond motifs is 1. The van der Waals surface area contributed by atoms with Crippen LogP contribution >= 0.6 is 0 Å². The number of benzene rings is 1. The van der Waals surface area contributed by atoms with E-state index >= 15 is 0 Å². The van der Waals surface area contributed by atoms with Crippen molar-refractivity contribution in [3.05, 3.63) is 47.2 Å². The maximum Gasteiger partial charge on any atom is 0.224 e. The highest BCUT2D eigenvalue weighted by Gasteiger charge is 2.36. The summed E-state index contributed by atoms with van der Waals surface area (Å²) in [6, 6.07) is 8.51. The highest BCUT2D eigenvalue weighted by atomic mass is 16.5. The SMILES string of the molecule is COc1cccc2c1C(CCNc1ncc(C#N)c(N[C@@H]3CC[C@H](O)C(C)(C)C3)n1)=CC2. The first-order chi connectivity index (χ1) is 15.4. The lowest BCUT2D eigenvalue weighted by Crippen LogP contribution is -2.41. The van der Waals surface area contributed by atoms with Gasteiger partial charge >= 0.3 is 0 Å². The third-order valence-corrected chi connectivity index (χ3v) is 6.61. The molecule has 168 valence electrons. The van der Waals surface area contributed by atoms with Gasteiger partial charge in [-0.05, 0) is 54.7 Å². The van der Waals surface area contributed by atoms with Gasteiger partial charge in [-0.15, -0.1) is 0 Å². The van der Waals surface area contributed by atoms with E-state index in [0.29, 0.717) is 23.9 Å². The van der Waals surface area contributed by atoms with Crippen LogP contribution in [-0.4, -0.2) is 40.9 Å². The number of hydrogen-bond donors (Lipinski definition) is 3. The first-order valence-corrected chi connectivity index (χ1v) is 11.2. The van der Waals surface area contributed by atoms with Crippen LogP contribution in [0.2, 0.25) is 0 Å². The predicted molar refractivity (Wildman–Crippen MR) is 126 cm³/mol. The quantitative estimate of drug-likeness (QED) is 0.603. The van der Waals surface area contributed by atoms with Crippen molar-refractivity contribution in [3.63, 3.8) is 0 Å². The van der Waals surface area contributed by atoms with Crippen molar-refractivity contribution in [2.24, 2.45) is 5.41 Å². The lowest BCUT2D eigenvalue weighted by atomic mass is 9.73. The van der Waals surface area contributed by atoms with E-state index in [0.717, 1.165) is 37.9 Å². The molecule has 1 heterocycles. The van der Waals surface area contributed by atoms with Crippen LogP contribution in [-0.2, 0) is 6.42 Å². The molecule has 0 saturated heterocycles. The van der Waals surface area contributed by atoms with Gasteiger partial charge in [-0.3, -0.25) is 0 Å². The fourth-order valence-electron chi connectivity index (χ4n) is 4.75. The van der Waals surface area contributed by atoms with Gasteiger partial charge in [0.15, 0.2) is 0 Å². The van der Waals surface area contributed by atoms with Gasteiger partial charge in [0.2, 0.25) is 5.95 Å². The molecule has 0 bridgehead atoms. The highest BCUT2D eigenvalue weighted by molar-refractivity contribution is 5.77. The molecule has 2 atom stereocenters. The molecule has 7 heteroatoms. The number of aliphatic hydroxyl groups is 1. The summed E-state index contributed by atoms with van der Waals surface area (Å²) in [4.78, 5) is 8.90. The minimum Gasteiger partial charge on any atom is -0.496 e. The molecule has 0 aliphatic heterocycles. The number of aliphatic hydroxyl groups excluding tert-OH is 1. The topological polar surface area (TPSA) is 103 Å². The molecule has 1 aromatic carbocycles. The second-order valence-corrected chi connectivity index (χ2v) is 9.30. The Morgan fingerprint density at radius 2 is 2.16 bits per heavy atom. The summed E-state index contributed by atoms with van der Waals surface area (Å²) in [5.74, 6) is 1.96. The summed E-state index contributed by atoms with van der Waals surface area (Å²) < 4.78 is 5.55. The molecule has 4 rings (SSSR count). The summed E-state index contributed by atoms with van der Waals surface area (Å²) in [6.45, 7) is 4.83. The first kappa shape index (κ1) is 22.1. The van der Waals surface area contributed by atoms with Crippen LogP contribution < -0.4 is 15.4 Å². The van der Waals surface area contributed by atoms with Crippen molar-refractivity contribution >= 4 is 17.3 Å². The Morgan fingerprint density at radius 3 is 2.91 bits per heavy atom. The van der Waals surface area contributed by atoms with Crippen molar-refractivity contribution in [3.8, 4) is 11.8 Å². The molecule has 1 fully saturated rings. The van der Waals surface area contributed by atoms with E-state index in [1.165, 1.54) is 16.7 Å². The highest BCUT2D eigenvalue weighted by Crippen LogP contribution is 2.38. The van der Waals surface area contributed by atoms with Crippen LogP contribution in [0.25, 0.3) is 5.57 Å². The van der Waals surface area contributed by atoms with Gasteiger partial charge in [0.1, 0.15) is 23.2 Å². The summed E-state index contributed by atoms with van der Waals surface area (Å²) >= 11 is 0. The van der Waals surface area contributed by atoms with Gasteiger partial charge in [0.25, 0.3) is 0 Å². The monoisotopic (exact) mass is 433 g/mol. The van der Waals surface area contributed by atoms with Crippen LogP contribution in [0.5, 0.6) is 5.75 Å².